The minimum absolute atomic E-state index is 0.921. The molecular formula is C4H4FO2. The van der Waals surface area contributed by atoms with E-state index < -0.39 is 6.01 Å². The molecule has 0 rings (SSSR count). The summed E-state index contributed by atoms with van der Waals surface area (Å²) in [4.78, 5) is 9.15. The largest absolute Gasteiger partial charge is 0.425 e. The first-order chi connectivity index (χ1) is 3.31. The molecule has 0 amide bonds. The van der Waals surface area contributed by atoms with E-state index in [1.54, 1.807) is 0 Å². The van der Waals surface area contributed by atoms with Crippen molar-refractivity contribution in [1.29, 1.82) is 0 Å². The molecule has 2 nitrogen and oxygen atoms in total. The lowest BCUT2D eigenvalue weighted by Crippen LogP contribution is -1.78. The molecule has 0 saturated heterocycles. The van der Waals surface area contributed by atoms with E-state index in [-0.39, 0.29) is 0 Å². The van der Waals surface area contributed by atoms with Crippen LogP contribution in [0.1, 0.15) is 6.92 Å². The van der Waals surface area contributed by atoms with Gasteiger partial charge in [0.15, 0.2) is 0 Å². The van der Waals surface area contributed by atoms with E-state index in [9.17, 15) is 4.39 Å². The number of rotatable bonds is 2. The van der Waals surface area contributed by atoms with Gasteiger partial charge in [0, 0.05) is 0 Å². The van der Waals surface area contributed by atoms with E-state index in [0.717, 1.165) is 12.5 Å². The van der Waals surface area contributed by atoms with Crippen molar-refractivity contribution in [2.75, 3.05) is 0 Å². The molecule has 0 aromatic rings. The Labute approximate surface area is 40.6 Å². The van der Waals surface area contributed by atoms with Crippen LogP contribution < -0.4 is 0 Å². The van der Waals surface area contributed by atoms with E-state index in [1.165, 1.54) is 6.92 Å². The third kappa shape index (κ3) is 2.96. The molecule has 0 fully saturated rings. The lowest BCUT2D eigenvalue weighted by Gasteiger charge is -1.82. The predicted octanol–water partition coefficient (Wildman–Crippen LogP) is 0.901. The highest BCUT2D eigenvalue weighted by atomic mass is 19.1. The lowest BCUT2D eigenvalue weighted by atomic mass is 10.7. The number of ether oxygens (including phenoxy) is 1. The smallest absolute Gasteiger partial charge is 0.390 e. The minimum atomic E-state index is -0.921. The van der Waals surface area contributed by atoms with Crippen LogP contribution in [0.4, 0.5) is 4.39 Å². The molecule has 39 valence electrons. The number of carbonyl (C=O) groups excluding carboxylic acids is 1. The molecule has 0 aliphatic carbocycles. The van der Waals surface area contributed by atoms with E-state index in [0.29, 0.717) is 0 Å². The highest BCUT2D eigenvalue weighted by Gasteiger charge is 1.86. The standard InChI is InChI=1S/C4H4FO2/c1-2-4(5)7-3-6/h2H,1H3. The highest BCUT2D eigenvalue weighted by molar-refractivity contribution is 5.40. The normalized spacial score (nSPS) is 10.9. The summed E-state index contributed by atoms with van der Waals surface area (Å²) in [6, 6.07) is -0.921. The molecule has 0 aromatic heterocycles. The molecular weight excluding hydrogens is 99.0 g/mol. The van der Waals surface area contributed by atoms with Gasteiger partial charge in [-0.1, -0.05) is 0 Å². The first kappa shape index (κ1) is 6.14. The van der Waals surface area contributed by atoms with Crippen LogP contribution in [0.15, 0.2) is 12.1 Å². The summed E-state index contributed by atoms with van der Waals surface area (Å²) in [6.07, 6.45) is 1.02. The van der Waals surface area contributed by atoms with Gasteiger partial charge >= 0.3 is 6.47 Å². The molecule has 0 saturated carbocycles. The van der Waals surface area contributed by atoms with Crippen molar-refractivity contribution in [2.24, 2.45) is 0 Å². The molecule has 0 atom stereocenters. The molecule has 0 aliphatic rings. The average Bonchev–Trinajstić information content (AvgIpc) is 1.68. The van der Waals surface area contributed by atoms with Crippen LogP contribution >= 0.6 is 0 Å². The van der Waals surface area contributed by atoms with Gasteiger partial charge in [0.2, 0.25) is 0 Å². The van der Waals surface area contributed by atoms with Crippen LogP contribution in [0.5, 0.6) is 0 Å². The summed E-state index contributed by atoms with van der Waals surface area (Å²) in [6.45, 7) is 2.33. The second-order valence-electron chi connectivity index (χ2n) is 0.778. The number of hydrogen-bond donors (Lipinski definition) is 0. The second-order valence-corrected chi connectivity index (χ2v) is 0.778. The molecule has 0 spiro atoms. The monoisotopic (exact) mass is 103 g/mol. The van der Waals surface area contributed by atoms with Crippen LogP contribution in [-0.2, 0) is 9.53 Å². The van der Waals surface area contributed by atoms with Crippen molar-refractivity contribution in [2.45, 2.75) is 6.92 Å². The summed E-state index contributed by atoms with van der Waals surface area (Å²) in [5, 5.41) is 0. The van der Waals surface area contributed by atoms with Crippen LogP contribution in [-0.4, -0.2) is 6.47 Å². The zero-order valence-electron chi connectivity index (χ0n) is 3.77. The SMILES string of the molecule is CC=C(F)O[C]=O. The summed E-state index contributed by atoms with van der Waals surface area (Å²) in [5.74, 6) is 0. The van der Waals surface area contributed by atoms with Gasteiger partial charge in [-0.3, -0.25) is 0 Å². The molecule has 7 heavy (non-hydrogen) atoms. The first-order valence-electron chi connectivity index (χ1n) is 1.67. The fraction of sp³-hybridized carbons (Fsp3) is 0.250. The Hall–Kier alpha value is -0.860. The first-order valence-corrected chi connectivity index (χ1v) is 1.67. The molecule has 0 aliphatic heterocycles. The molecule has 3 heteroatoms. The number of hydrogen-bond acceptors (Lipinski definition) is 2. The van der Waals surface area contributed by atoms with Gasteiger partial charge in [-0.05, 0) is 13.0 Å². The van der Waals surface area contributed by atoms with E-state index >= 15 is 0 Å². The van der Waals surface area contributed by atoms with Gasteiger partial charge in [0.25, 0.3) is 6.01 Å². The van der Waals surface area contributed by atoms with Gasteiger partial charge < -0.3 is 4.74 Å². The topological polar surface area (TPSA) is 26.3 Å². The molecule has 1 radical (unpaired) electrons. The molecule has 0 N–H and O–H groups in total. The van der Waals surface area contributed by atoms with Crippen LogP contribution in [0, 0.1) is 0 Å². The van der Waals surface area contributed by atoms with Crippen molar-refractivity contribution in [1.82, 2.24) is 0 Å². The zero-order valence-corrected chi connectivity index (χ0v) is 3.77. The summed E-state index contributed by atoms with van der Waals surface area (Å²) < 4.78 is 15.1. The van der Waals surface area contributed by atoms with Crippen LogP contribution in [0.25, 0.3) is 0 Å². The van der Waals surface area contributed by atoms with Gasteiger partial charge in [0.05, 0.1) is 0 Å². The maximum absolute atomic E-state index is 11.5. The maximum atomic E-state index is 11.5. The van der Waals surface area contributed by atoms with Crippen molar-refractivity contribution in [3.8, 4) is 0 Å². The van der Waals surface area contributed by atoms with E-state index in [2.05, 4.69) is 4.74 Å². The van der Waals surface area contributed by atoms with Gasteiger partial charge in [0.1, 0.15) is 0 Å². The van der Waals surface area contributed by atoms with Crippen molar-refractivity contribution in [3.05, 3.63) is 12.1 Å². The Kier molecular flexibility index (Phi) is 2.92. The zero-order chi connectivity index (χ0) is 5.70. The summed E-state index contributed by atoms with van der Waals surface area (Å²) in [7, 11) is 0. The predicted molar refractivity (Wildman–Crippen MR) is 21.6 cm³/mol. The fourth-order valence-electron chi connectivity index (χ4n) is 0.0987. The van der Waals surface area contributed by atoms with Gasteiger partial charge in [-0.2, -0.15) is 4.39 Å². The van der Waals surface area contributed by atoms with Gasteiger partial charge in [-0.15, -0.1) is 0 Å². The Bertz CT molecular complexity index is 87.7. The van der Waals surface area contributed by atoms with E-state index in [4.69, 9.17) is 4.79 Å². The van der Waals surface area contributed by atoms with Crippen molar-refractivity contribution in [3.63, 3.8) is 0 Å². The van der Waals surface area contributed by atoms with Crippen LogP contribution in [0.3, 0.4) is 0 Å². The lowest BCUT2D eigenvalue weighted by molar-refractivity contribution is 0.270. The average molecular weight is 103 g/mol. The second kappa shape index (κ2) is 3.33. The van der Waals surface area contributed by atoms with Gasteiger partial charge in [-0.25, -0.2) is 4.79 Å². The van der Waals surface area contributed by atoms with Crippen molar-refractivity contribution < 1.29 is 13.9 Å². The Balaban J connectivity index is 3.36. The molecule has 0 unspecified atom stereocenters. The molecule has 0 bridgehead atoms. The molecule has 0 heterocycles. The van der Waals surface area contributed by atoms with Crippen LogP contribution in [0.2, 0.25) is 0 Å². The third-order valence-electron chi connectivity index (χ3n) is 0.366. The Morgan fingerprint density at radius 2 is 2.57 bits per heavy atom. The summed E-state index contributed by atoms with van der Waals surface area (Å²) >= 11 is 0. The summed E-state index contributed by atoms with van der Waals surface area (Å²) in [5.41, 5.74) is 0. The van der Waals surface area contributed by atoms with E-state index in [1.807, 2.05) is 0 Å². The fourth-order valence-corrected chi connectivity index (χ4v) is 0.0987. The number of allylic oxidation sites excluding steroid dienone is 1. The number of halogens is 1. The Morgan fingerprint density at radius 3 is 2.71 bits per heavy atom. The molecule has 0 aromatic carbocycles. The maximum Gasteiger partial charge on any atom is 0.425 e. The Morgan fingerprint density at radius 1 is 2.00 bits per heavy atom. The highest BCUT2D eigenvalue weighted by Crippen LogP contribution is 1.92. The van der Waals surface area contributed by atoms with Crippen molar-refractivity contribution >= 4 is 6.47 Å². The third-order valence-corrected chi connectivity index (χ3v) is 0.366. The quantitative estimate of drug-likeness (QED) is 0.485. The minimum Gasteiger partial charge on any atom is -0.390 e.